The fraction of sp³-hybridized carbons (Fsp3) is 0. The van der Waals surface area contributed by atoms with Gasteiger partial charge in [0.25, 0.3) is 0 Å². The summed E-state index contributed by atoms with van der Waals surface area (Å²) in [7, 11) is -3.08. The van der Waals surface area contributed by atoms with E-state index < -0.39 is 8.07 Å². The van der Waals surface area contributed by atoms with E-state index in [2.05, 4.69) is 185 Å². The molecule has 0 fully saturated rings. The third-order valence-corrected chi connectivity index (χ3v) is 17.5. The van der Waals surface area contributed by atoms with E-state index in [1.165, 1.54) is 20.9 Å². The van der Waals surface area contributed by atoms with E-state index in [1.807, 2.05) is 42.5 Å². The smallest absolute Gasteiger partial charge is 0.179 e. The van der Waals surface area contributed by atoms with E-state index in [4.69, 9.17) is 4.42 Å². The summed E-state index contributed by atoms with van der Waals surface area (Å²) < 4.78 is 11.2. The van der Waals surface area contributed by atoms with Gasteiger partial charge in [-0.25, -0.2) is 0 Å². The molecule has 0 unspecified atom stereocenters. The van der Waals surface area contributed by atoms with Gasteiger partial charge in [0, 0.05) is 38.0 Å². The Kier molecular flexibility index (Phi) is 7.92. The Bertz CT molecular complexity index is 3790. The van der Waals surface area contributed by atoms with Crippen molar-refractivity contribution in [2.24, 2.45) is 0 Å². The molecule has 5 nitrogen and oxygen atoms in total. The lowest BCUT2D eigenvalue weighted by atomic mass is 10.1. The molecule has 0 aliphatic carbocycles. The highest BCUT2D eigenvalue weighted by molar-refractivity contribution is 7.19. The van der Waals surface area contributed by atoms with Gasteiger partial charge in [-0.2, -0.15) is 10.5 Å². The minimum Gasteiger partial charge on any atom is -0.454 e. The number of rotatable bonds is 6. The van der Waals surface area contributed by atoms with Crippen molar-refractivity contribution < 1.29 is 4.42 Å². The maximum Gasteiger partial charge on any atom is 0.179 e. The van der Waals surface area contributed by atoms with Gasteiger partial charge in [0.2, 0.25) is 0 Å². The number of hydrogen-bond donors (Lipinski definition) is 0. The third-order valence-electron chi connectivity index (χ3n) is 12.7. The van der Waals surface area contributed by atoms with E-state index in [-0.39, 0.29) is 0 Å². The molecular formula is C56H34N4OSi. The summed E-state index contributed by atoms with van der Waals surface area (Å²) in [5, 5.41) is 32.1. The average molecular weight is 807 g/mol. The van der Waals surface area contributed by atoms with Crippen molar-refractivity contribution in [2.75, 3.05) is 0 Å². The van der Waals surface area contributed by atoms with Gasteiger partial charge in [-0.05, 0) is 87.5 Å². The van der Waals surface area contributed by atoms with Crippen LogP contribution in [-0.4, -0.2) is 17.2 Å². The van der Waals surface area contributed by atoms with E-state index in [0.717, 1.165) is 76.7 Å². The molecule has 12 rings (SSSR count). The van der Waals surface area contributed by atoms with Crippen molar-refractivity contribution in [2.45, 2.75) is 0 Å². The first-order valence-corrected chi connectivity index (χ1v) is 22.7. The SMILES string of the molecule is N#Cc1ccc2c(c1)c1ccccc1n2-c1ccc([Si](c2ccccc2)(c2ccccc2)c2ccc(-n3c4ccccc4c4ccc5c6ccccc6oc5c43)cc2)cc1C#N. The first-order chi connectivity index (χ1) is 30.7. The average Bonchev–Trinajstić information content (AvgIpc) is 4.00. The van der Waals surface area contributed by atoms with Gasteiger partial charge < -0.3 is 13.6 Å². The number of benzene rings is 9. The largest absolute Gasteiger partial charge is 0.454 e. The second-order valence-electron chi connectivity index (χ2n) is 15.9. The highest BCUT2D eigenvalue weighted by Gasteiger charge is 2.42. The fourth-order valence-corrected chi connectivity index (χ4v) is 14.8. The van der Waals surface area contributed by atoms with E-state index in [9.17, 15) is 10.5 Å². The molecule has 0 N–H and O–H groups in total. The number of hydrogen-bond acceptors (Lipinski definition) is 3. The molecule has 288 valence electrons. The number of nitriles is 2. The predicted molar refractivity (Wildman–Crippen MR) is 255 cm³/mol. The highest BCUT2D eigenvalue weighted by Crippen LogP contribution is 2.40. The van der Waals surface area contributed by atoms with E-state index in [0.29, 0.717) is 11.1 Å². The van der Waals surface area contributed by atoms with Crippen LogP contribution in [0.1, 0.15) is 11.1 Å². The monoisotopic (exact) mass is 806 g/mol. The molecule has 0 saturated carbocycles. The molecule has 3 heterocycles. The summed E-state index contributed by atoms with van der Waals surface area (Å²) in [5.74, 6) is 0. The van der Waals surface area contributed by atoms with Crippen LogP contribution in [0.5, 0.6) is 0 Å². The molecule has 62 heavy (non-hydrogen) atoms. The summed E-state index contributed by atoms with van der Waals surface area (Å²) in [4.78, 5) is 0. The zero-order valence-corrected chi connectivity index (χ0v) is 34.3. The molecule has 0 aliphatic heterocycles. The van der Waals surface area contributed by atoms with Gasteiger partial charge in [-0.1, -0.05) is 140 Å². The Labute approximate surface area is 357 Å². The predicted octanol–water partition coefficient (Wildman–Crippen LogP) is 10.9. The van der Waals surface area contributed by atoms with Crippen LogP contribution in [-0.2, 0) is 0 Å². The van der Waals surface area contributed by atoms with Crippen molar-refractivity contribution in [3.05, 3.63) is 217 Å². The van der Waals surface area contributed by atoms with Crippen molar-refractivity contribution in [3.8, 4) is 23.5 Å². The normalized spacial score (nSPS) is 11.8. The minimum absolute atomic E-state index is 0.579. The number of para-hydroxylation sites is 3. The number of furan rings is 1. The fourth-order valence-electron chi connectivity index (χ4n) is 10.1. The molecule has 6 heteroatoms. The first-order valence-electron chi connectivity index (χ1n) is 20.7. The van der Waals surface area contributed by atoms with Crippen molar-refractivity contribution >= 4 is 94.4 Å². The highest BCUT2D eigenvalue weighted by atomic mass is 28.3. The molecule has 12 aromatic rings. The second-order valence-corrected chi connectivity index (χ2v) is 19.7. The van der Waals surface area contributed by atoms with E-state index >= 15 is 0 Å². The van der Waals surface area contributed by atoms with Gasteiger partial charge in [0.05, 0.1) is 45.0 Å². The van der Waals surface area contributed by atoms with Gasteiger partial charge in [-0.3, -0.25) is 0 Å². The Morgan fingerprint density at radius 2 is 0.968 bits per heavy atom. The van der Waals surface area contributed by atoms with Crippen LogP contribution >= 0.6 is 0 Å². The van der Waals surface area contributed by atoms with Crippen LogP contribution in [0, 0.1) is 22.7 Å². The topological polar surface area (TPSA) is 70.6 Å². The maximum absolute atomic E-state index is 11.1. The molecule has 3 aromatic heterocycles. The third kappa shape index (κ3) is 5.05. The van der Waals surface area contributed by atoms with Gasteiger partial charge >= 0.3 is 0 Å². The maximum atomic E-state index is 11.1. The molecule has 0 saturated heterocycles. The van der Waals surface area contributed by atoms with Crippen LogP contribution in [0.4, 0.5) is 0 Å². The number of aromatic nitrogens is 2. The Balaban J connectivity index is 1.10. The zero-order chi connectivity index (χ0) is 41.4. The zero-order valence-electron chi connectivity index (χ0n) is 33.3. The lowest BCUT2D eigenvalue weighted by Crippen LogP contribution is -2.74. The van der Waals surface area contributed by atoms with E-state index in [1.54, 1.807) is 0 Å². The lowest BCUT2D eigenvalue weighted by Gasteiger charge is -2.35. The molecule has 0 atom stereocenters. The number of nitrogens with zero attached hydrogens (tertiary/aromatic N) is 4. The summed E-state index contributed by atoms with van der Waals surface area (Å²) in [6, 6.07) is 77.4. The van der Waals surface area contributed by atoms with Gasteiger partial charge in [0.15, 0.2) is 13.7 Å². The van der Waals surface area contributed by atoms with Crippen molar-refractivity contribution in [1.29, 1.82) is 10.5 Å². The van der Waals surface area contributed by atoms with Crippen LogP contribution in [0.25, 0.3) is 76.9 Å². The Hall–Kier alpha value is -8.42. The van der Waals surface area contributed by atoms with Crippen molar-refractivity contribution in [3.63, 3.8) is 0 Å². The first kappa shape index (κ1) is 35.5. The van der Waals surface area contributed by atoms with Crippen LogP contribution in [0.2, 0.25) is 0 Å². The Morgan fingerprint density at radius 3 is 1.66 bits per heavy atom. The molecular weight excluding hydrogens is 773 g/mol. The quantitative estimate of drug-likeness (QED) is 0.124. The standard InChI is InChI=1S/C56H34N4OSi/c57-35-37-23-31-53-49(33-37)45-18-8-11-21-52(45)60(53)50-32-28-43(34-38(50)36-58)62(40-13-3-1-4-14-40,41-15-5-2-6-16-41)42-26-24-39(25-27-42)59-51-20-10-7-17-44(51)47-29-30-48-46-19-9-12-22-54(46)61-56(48)55(47)59/h1-34H. The summed E-state index contributed by atoms with van der Waals surface area (Å²) in [6.45, 7) is 0. The molecule has 0 bridgehead atoms. The molecule has 9 aromatic carbocycles. The summed E-state index contributed by atoms with van der Waals surface area (Å²) in [5.41, 5.74) is 8.86. The van der Waals surface area contributed by atoms with Gasteiger partial charge in [0.1, 0.15) is 11.7 Å². The number of fused-ring (bicyclic) bond motifs is 10. The molecule has 0 amide bonds. The second kappa shape index (κ2) is 13.8. The molecule has 0 spiro atoms. The molecule has 0 aliphatic rings. The lowest BCUT2D eigenvalue weighted by molar-refractivity contribution is 0.671. The van der Waals surface area contributed by atoms with Crippen LogP contribution in [0.3, 0.4) is 0 Å². The van der Waals surface area contributed by atoms with Gasteiger partial charge in [-0.15, -0.1) is 0 Å². The van der Waals surface area contributed by atoms with Crippen molar-refractivity contribution in [1.82, 2.24) is 9.13 Å². The Morgan fingerprint density at radius 1 is 0.403 bits per heavy atom. The summed E-state index contributed by atoms with van der Waals surface area (Å²) in [6.07, 6.45) is 0. The van der Waals surface area contributed by atoms with Crippen LogP contribution < -0.4 is 20.7 Å². The summed E-state index contributed by atoms with van der Waals surface area (Å²) >= 11 is 0. The molecule has 0 radical (unpaired) electrons. The van der Waals surface area contributed by atoms with Crippen LogP contribution in [0.15, 0.2) is 211 Å². The minimum atomic E-state index is -3.08.